The topological polar surface area (TPSA) is 57.8 Å². The van der Waals surface area contributed by atoms with Crippen LogP contribution in [-0.4, -0.2) is 21.4 Å². The van der Waals surface area contributed by atoms with Gasteiger partial charge in [0, 0.05) is 10.5 Å². The molecule has 0 spiro atoms. The highest BCUT2D eigenvalue weighted by molar-refractivity contribution is 8.00. The van der Waals surface area contributed by atoms with Gasteiger partial charge >= 0.3 is 5.51 Å². The fourth-order valence-electron chi connectivity index (χ4n) is 2.16. The molecule has 0 unspecified atom stereocenters. The van der Waals surface area contributed by atoms with Crippen molar-refractivity contribution in [1.29, 1.82) is 0 Å². The van der Waals surface area contributed by atoms with E-state index in [2.05, 4.69) is 15.3 Å². The van der Waals surface area contributed by atoms with E-state index in [1.165, 1.54) is 24.3 Å². The van der Waals surface area contributed by atoms with Crippen molar-refractivity contribution in [1.82, 2.24) is 15.3 Å². The number of nitrogens with one attached hydrogen (secondary N) is 2. The number of benzene rings is 2. The number of rotatable bonds is 4. The van der Waals surface area contributed by atoms with Crippen LogP contribution in [0, 0.1) is 0 Å². The number of carbonyl (C=O) groups excluding carboxylic acids is 1. The van der Waals surface area contributed by atoms with E-state index in [1.807, 2.05) is 24.3 Å². The Balaban J connectivity index is 1.62. The number of para-hydroxylation sites is 2. The van der Waals surface area contributed by atoms with Gasteiger partial charge in [-0.05, 0) is 48.2 Å². The van der Waals surface area contributed by atoms with Crippen LogP contribution in [0.5, 0.6) is 0 Å². The van der Waals surface area contributed by atoms with Crippen molar-refractivity contribution in [2.24, 2.45) is 0 Å². The number of aromatic amines is 1. The molecule has 124 valence electrons. The molecular formula is C16H12F3N3OS. The third kappa shape index (κ3) is 4.08. The van der Waals surface area contributed by atoms with E-state index in [4.69, 9.17) is 0 Å². The summed E-state index contributed by atoms with van der Waals surface area (Å²) in [7, 11) is 0. The molecule has 0 aliphatic heterocycles. The minimum atomic E-state index is -4.34. The largest absolute Gasteiger partial charge is 0.446 e. The number of alkyl halides is 3. The molecule has 0 aliphatic carbocycles. The molecule has 0 saturated carbocycles. The first kappa shape index (κ1) is 16.4. The summed E-state index contributed by atoms with van der Waals surface area (Å²) in [5.41, 5.74) is -2.38. The fraction of sp³-hybridized carbons (Fsp3) is 0.125. The summed E-state index contributed by atoms with van der Waals surface area (Å²) in [4.78, 5) is 19.5. The molecule has 3 rings (SSSR count). The van der Waals surface area contributed by atoms with Crippen LogP contribution in [0.3, 0.4) is 0 Å². The predicted octanol–water partition coefficient (Wildman–Crippen LogP) is 4.10. The van der Waals surface area contributed by atoms with E-state index in [0.717, 1.165) is 11.0 Å². The molecule has 0 atom stereocenters. The normalized spacial score (nSPS) is 11.6. The number of hydrogen-bond donors (Lipinski definition) is 2. The molecule has 0 fully saturated rings. The second-order valence-electron chi connectivity index (χ2n) is 4.96. The molecule has 1 aromatic heterocycles. The van der Waals surface area contributed by atoms with Gasteiger partial charge in [0.15, 0.2) is 0 Å². The van der Waals surface area contributed by atoms with Crippen LogP contribution in [0.15, 0.2) is 53.4 Å². The minimum Gasteiger partial charge on any atom is -0.345 e. The average molecular weight is 351 g/mol. The Labute approximate surface area is 139 Å². The van der Waals surface area contributed by atoms with Crippen molar-refractivity contribution >= 4 is 28.7 Å². The molecule has 4 nitrogen and oxygen atoms in total. The number of carbonyl (C=O) groups is 1. The Bertz CT molecular complexity index is 826. The van der Waals surface area contributed by atoms with Gasteiger partial charge in [0.1, 0.15) is 5.82 Å². The number of hydrogen-bond acceptors (Lipinski definition) is 3. The van der Waals surface area contributed by atoms with Gasteiger partial charge in [0.2, 0.25) is 0 Å². The lowest BCUT2D eigenvalue weighted by molar-refractivity contribution is -0.0328. The smallest absolute Gasteiger partial charge is 0.345 e. The summed E-state index contributed by atoms with van der Waals surface area (Å²) in [5, 5.41) is 2.68. The van der Waals surface area contributed by atoms with Crippen LogP contribution in [0.2, 0.25) is 0 Å². The average Bonchev–Trinajstić information content (AvgIpc) is 2.94. The van der Waals surface area contributed by atoms with Gasteiger partial charge in [-0.2, -0.15) is 13.2 Å². The Morgan fingerprint density at radius 1 is 1.12 bits per heavy atom. The number of thioether (sulfide) groups is 1. The van der Waals surface area contributed by atoms with E-state index in [9.17, 15) is 18.0 Å². The van der Waals surface area contributed by atoms with E-state index < -0.39 is 5.51 Å². The monoisotopic (exact) mass is 351 g/mol. The Kier molecular flexibility index (Phi) is 4.48. The van der Waals surface area contributed by atoms with Crippen molar-refractivity contribution in [2.75, 3.05) is 0 Å². The molecule has 1 amide bonds. The zero-order valence-electron chi connectivity index (χ0n) is 12.2. The van der Waals surface area contributed by atoms with Crippen molar-refractivity contribution in [3.63, 3.8) is 0 Å². The van der Waals surface area contributed by atoms with E-state index in [1.54, 1.807) is 0 Å². The van der Waals surface area contributed by atoms with Crippen molar-refractivity contribution in [3.8, 4) is 0 Å². The third-order valence-electron chi connectivity index (χ3n) is 3.20. The van der Waals surface area contributed by atoms with Crippen LogP contribution in [0.25, 0.3) is 11.0 Å². The molecule has 2 aromatic carbocycles. The molecule has 2 N–H and O–H groups in total. The second-order valence-corrected chi connectivity index (χ2v) is 6.09. The predicted molar refractivity (Wildman–Crippen MR) is 85.6 cm³/mol. The summed E-state index contributed by atoms with van der Waals surface area (Å²) in [6.45, 7) is 0.201. The van der Waals surface area contributed by atoms with Crippen LogP contribution in [0.4, 0.5) is 13.2 Å². The van der Waals surface area contributed by atoms with Crippen LogP contribution < -0.4 is 5.32 Å². The Morgan fingerprint density at radius 3 is 2.50 bits per heavy atom. The maximum absolute atomic E-state index is 12.3. The Hall–Kier alpha value is -2.48. The number of halogens is 3. The van der Waals surface area contributed by atoms with Gasteiger partial charge in [-0.25, -0.2) is 4.98 Å². The zero-order chi connectivity index (χ0) is 17.2. The molecule has 0 bridgehead atoms. The van der Waals surface area contributed by atoms with Gasteiger partial charge in [-0.3, -0.25) is 4.79 Å². The molecule has 8 heteroatoms. The zero-order valence-corrected chi connectivity index (χ0v) is 13.0. The molecule has 24 heavy (non-hydrogen) atoms. The summed E-state index contributed by atoms with van der Waals surface area (Å²) in [6.07, 6.45) is 0. The maximum atomic E-state index is 12.3. The van der Waals surface area contributed by atoms with Crippen LogP contribution >= 0.6 is 11.8 Å². The number of fused-ring (bicyclic) bond motifs is 1. The quantitative estimate of drug-likeness (QED) is 0.696. The van der Waals surface area contributed by atoms with E-state index >= 15 is 0 Å². The minimum absolute atomic E-state index is 0.0383. The molecule has 0 radical (unpaired) electrons. The van der Waals surface area contributed by atoms with E-state index in [0.29, 0.717) is 5.82 Å². The van der Waals surface area contributed by atoms with Crippen molar-refractivity contribution in [3.05, 3.63) is 59.9 Å². The fourth-order valence-corrected chi connectivity index (χ4v) is 2.70. The molecule has 3 aromatic rings. The molecule has 1 heterocycles. The number of H-pyrrole nitrogens is 1. The first-order valence-electron chi connectivity index (χ1n) is 6.98. The van der Waals surface area contributed by atoms with Gasteiger partial charge in [-0.1, -0.05) is 12.1 Å². The van der Waals surface area contributed by atoms with Gasteiger partial charge < -0.3 is 10.3 Å². The standard InChI is InChI=1S/C16H12F3N3OS/c17-16(18,19)24-11-7-5-10(6-8-11)15(23)20-9-14-21-12-3-1-2-4-13(12)22-14/h1-8H,9H2,(H,20,23)(H,21,22). The number of aromatic nitrogens is 2. The number of imidazole rings is 1. The van der Waals surface area contributed by atoms with Gasteiger partial charge in [0.25, 0.3) is 5.91 Å². The third-order valence-corrected chi connectivity index (χ3v) is 3.94. The summed E-state index contributed by atoms with van der Waals surface area (Å²) < 4.78 is 36.8. The highest BCUT2D eigenvalue weighted by Gasteiger charge is 2.29. The first-order valence-corrected chi connectivity index (χ1v) is 7.80. The number of nitrogens with zero attached hydrogens (tertiary/aromatic N) is 1. The van der Waals surface area contributed by atoms with Crippen molar-refractivity contribution in [2.45, 2.75) is 16.9 Å². The lowest BCUT2D eigenvalue weighted by atomic mass is 10.2. The van der Waals surface area contributed by atoms with Gasteiger partial charge in [0.05, 0.1) is 17.6 Å². The number of amides is 1. The lowest BCUT2D eigenvalue weighted by Crippen LogP contribution is -2.23. The first-order chi connectivity index (χ1) is 11.4. The summed E-state index contributed by atoms with van der Waals surface area (Å²) >= 11 is -0.213. The van der Waals surface area contributed by atoms with E-state index in [-0.39, 0.29) is 34.7 Å². The highest BCUT2D eigenvalue weighted by Crippen LogP contribution is 2.36. The maximum Gasteiger partial charge on any atom is 0.446 e. The summed E-state index contributed by atoms with van der Waals surface area (Å²) in [6, 6.07) is 12.8. The SMILES string of the molecule is O=C(NCc1nc2ccccc2[nH]1)c1ccc(SC(F)(F)F)cc1. The summed E-state index contributed by atoms with van der Waals surface area (Å²) in [5.74, 6) is 0.229. The Morgan fingerprint density at radius 2 is 1.83 bits per heavy atom. The van der Waals surface area contributed by atoms with Crippen LogP contribution in [-0.2, 0) is 6.54 Å². The van der Waals surface area contributed by atoms with Crippen LogP contribution in [0.1, 0.15) is 16.2 Å². The van der Waals surface area contributed by atoms with Crippen molar-refractivity contribution < 1.29 is 18.0 Å². The molecular weight excluding hydrogens is 339 g/mol. The molecule has 0 saturated heterocycles. The lowest BCUT2D eigenvalue weighted by Gasteiger charge is -2.07. The van der Waals surface area contributed by atoms with Gasteiger partial charge in [-0.15, -0.1) is 0 Å². The second kappa shape index (κ2) is 6.56. The highest BCUT2D eigenvalue weighted by atomic mass is 32.2. The molecule has 0 aliphatic rings.